The molecule has 0 spiro atoms. The lowest BCUT2D eigenvalue weighted by atomic mass is 9.78. The van der Waals surface area contributed by atoms with Gasteiger partial charge in [-0.2, -0.15) is 0 Å². The molecule has 4 unspecified atom stereocenters. The molecule has 0 radical (unpaired) electrons. The Morgan fingerprint density at radius 1 is 1.12 bits per heavy atom. The van der Waals surface area contributed by atoms with Gasteiger partial charge in [0.15, 0.2) is 0 Å². The van der Waals surface area contributed by atoms with Gasteiger partial charge in [0, 0.05) is 34.6 Å². The fraction of sp³-hybridized carbons (Fsp3) is 0.382. The van der Waals surface area contributed by atoms with Crippen LogP contribution in [0.3, 0.4) is 0 Å². The molecule has 2 aromatic heterocycles. The zero-order valence-corrected chi connectivity index (χ0v) is 25.5. The van der Waals surface area contributed by atoms with E-state index in [2.05, 4.69) is 28.8 Å². The Morgan fingerprint density at radius 2 is 1.86 bits per heavy atom. The number of aryl methyl sites for hydroxylation is 2. The second-order valence-electron chi connectivity index (χ2n) is 12.2. The maximum absolute atomic E-state index is 14.5. The van der Waals surface area contributed by atoms with Gasteiger partial charge < -0.3 is 20.1 Å². The first-order chi connectivity index (χ1) is 19.9. The molecule has 0 saturated heterocycles. The molecule has 0 bridgehead atoms. The standard InChI is InChI=1S/C34H37ClN4O3/c1-6-21-8-13-25(36-18-21)19-39-30(40)27-15-23(33(5,41)31-37-17-20(3)38-31)14-26(28-16-34(28,42)7-2)29(27)32(39,4)22-9-11-24(35)12-10-22/h8-15,17-18,28,41-42H,6-7,16,19H2,1-5H3,(H,37,38). The van der Waals surface area contributed by atoms with Crippen LogP contribution >= 0.6 is 11.6 Å². The highest BCUT2D eigenvalue weighted by molar-refractivity contribution is 6.30. The average molecular weight is 585 g/mol. The minimum Gasteiger partial charge on any atom is -0.389 e. The second kappa shape index (κ2) is 10.0. The lowest BCUT2D eigenvalue weighted by molar-refractivity contribution is 0.0625. The van der Waals surface area contributed by atoms with Crippen LogP contribution in [0.2, 0.25) is 5.02 Å². The van der Waals surface area contributed by atoms with Gasteiger partial charge in [-0.1, -0.05) is 49.7 Å². The van der Waals surface area contributed by atoms with Crippen molar-refractivity contribution in [1.82, 2.24) is 19.9 Å². The molecule has 1 saturated carbocycles. The van der Waals surface area contributed by atoms with Gasteiger partial charge in [-0.05, 0) is 92.1 Å². The fourth-order valence-electron chi connectivity index (χ4n) is 6.52. The summed E-state index contributed by atoms with van der Waals surface area (Å²) in [4.78, 5) is 28.6. The van der Waals surface area contributed by atoms with Crippen LogP contribution in [0.5, 0.6) is 0 Å². The van der Waals surface area contributed by atoms with E-state index in [9.17, 15) is 15.0 Å². The van der Waals surface area contributed by atoms with Gasteiger partial charge in [-0.15, -0.1) is 0 Å². The van der Waals surface area contributed by atoms with Gasteiger partial charge in [-0.25, -0.2) is 4.98 Å². The zero-order valence-electron chi connectivity index (χ0n) is 24.7. The van der Waals surface area contributed by atoms with Gasteiger partial charge in [0.2, 0.25) is 0 Å². The topological polar surface area (TPSA) is 102 Å². The summed E-state index contributed by atoms with van der Waals surface area (Å²) in [5, 5.41) is 23.8. The van der Waals surface area contributed by atoms with Crippen LogP contribution in [-0.4, -0.2) is 41.6 Å². The van der Waals surface area contributed by atoms with E-state index in [-0.39, 0.29) is 11.8 Å². The third-order valence-corrected chi connectivity index (χ3v) is 9.70. The molecule has 4 atom stereocenters. The van der Waals surface area contributed by atoms with E-state index in [1.54, 1.807) is 19.2 Å². The molecule has 2 aliphatic rings. The Balaban J connectivity index is 1.58. The summed E-state index contributed by atoms with van der Waals surface area (Å²) in [6.45, 7) is 9.99. The van der Waals surface area contributed by atoms with Crippen molar-refractivity contribution in [2.24, 2.45) is 0 Å². The highest BCUT2D eigenvalue weighted by Crippen LogP contribution is 2.59. The number of hydrogen-bond acceptors (Lipinski definition) is 5. The third kappa shape index (κ3) is 4.46. The van der Waals surface area contributed by atoms with Crippen molar-refractivity contribution in [3.63, 3.8) is 0 Å². The predicted octanol–water partition coefficient (Wildman–Crippen LogP) is 6.13. The number of aliphatic hydroxyl groups is 2. The van der Waals surface area contributed by atoms with Crippen molar-refractivity contribution in [1.29, 1.82) is 0 Å². The molecule has 1 aliphatic carbocycles. The lowest BCUT2D eigenvalue weighted by Crippen LogP contribution is -2.42. The zero-order chi connectivity index (χ0) is 30.0. The minimum absolute atomic E-state index is 0.154. The Morgan fingerprint density at radius 3 is 2.43 bits per heavy atom. The van der Waals surface area contributed by atoms with Crippen molar-refractivity contribution in [2.45, 2.75) is 83.1 Å². The molecule has 1 aliphatic heterocycles. The number of H-pyrrole nitrogens is 1. The molecule has 4 aromatic rings. The summed E-state index contributed by atoms with van der Waals surface area (Å²) in [6.07, 6.45) is 5.60. The Kier molecular flexibility index (Phi) is 6.84. The van der Waals surface area contributed by atoms with E-state index in [4.69, 9.17) is 11.6 Å². The molecule has 3 heterocycles. The molecule has 3 N–H and O–H groups in total. The number of nitrogens with zero attached hydrogens (tertiary/aromatic N) is 3. The van der Waals surface area contributed by atoms with Crippen molar-refractivity contribution in [3.8, 4) is 0 Å². The largest absolute Gasteiger partial charge is 0.389 e. The summed E-state index contributed by atoms with van der Waals surface area (Å²) < 4.78 is 0. The number of rotatable bonds is 8. The average Bonchev–Trinajstić information content (AvgIpc) is 3.38. The van der Waals surface area contributed by atoms with Crippen LogP contribution < -0.4 is 0 Å². The number of benzene rings is 2. The molecule has 1 fully saturated rings. The SMILES string of the molecule is CCc1ccc(CN2C(=O)c3cc(C(C)(O)c4ncc(C)[nH]4)cc(C4CC4(O)CC)c3C2(C)c2ccc(Cl)cc2)nc1. The predicted molar refractivity (Wildman–Crippen MR) is 162 cm³/mol. The number of carbonyl (C=O) groups excluding carboxylic acids is 1. The highest BCUT2D eigenvalue weighted by Gasteiger charge is 2.58. The summed E-state index contributed by atoms with van der Waals surface area (Å²) >= 11 is 6.31. The lowest BCUT2D eigenvalue weighted by Gasteiger charge is -2.38. The first-order valence-corrected chi connectivity index (χ1v) is 15.0. The Hall–Kier alpha value is -3.52. The number of halogens is 1. The molecule has 42 heavy (non-hydrogen) atoms. The summed E-state index contributed by atoms with van der Waals surface area (Å²) in [7, 11) is 0. The molecule has 218 valence electrons. The van der Waals surface area contributed by atoms with E-state index < -0.39 is 16.7 Å². The smallest absolute Gasteiger partial charge is 0.255 e. The fourth-order valence-corrected chi connectivity index (χ4v) is 6.65. The molecular weight excluding hydrogens is 548 g/mol. The van der Waals surface area contributed by atoms with E-state index in [0.717, 1.165) is 40.1 Å². The van der Waals surface area contributed by atoms with Gasteiger partial charge in [0.1, 0.15) is 11.4 Å². The third-order valence-electron chi connectivity index (χ3n) is 9.45. The molecule has 7 nitrogen and oxygen atoms in total. The summed E-state index contributed by atoms with van der Waals surface area (Å²) in [5.74, 6) is 0.0705. The van der Waals surface area contributed by atoms with Crippen LogP contribution in [-0.2, 0) is 24.1 Å². The molecular formula is C34H37ClN4O3. The first-order valence-electron chi connectivity index (χ1n) is 14.6. The number of aromatic amines is 1. The van der Waals surface area contributed by atoms with Gasteiger partial charge in [0.25, 0.3) is 5.91 Å². The highest BCUT2D eigenvalue weighted by atomic mass is 35.5. The van der Waals surface area contributed by atoms with Crippen LogP contribution in [0.15, 0.2) is 60.9 Å². The van der Waals surface area contributed by atoms with Gasteiger partial charge >= 0.3 is 0 Å². The van der Waals surface area contributed by atoms with Crippen LogP contribution in [0.1, 0.15) is 102 Å². The Labute approximate surface area is 251 Å². The van der Waals surface area contributed by atoms with Crippen molar-refractivity contribution in [3.05, 3.63) is 117 Å². The van der Waals surface area contributed by atoms with Crippen molar-refractivity contribution < 1.29 is 15.0 Å². The van der Waals surface area contributed by atoms with Gasteiger partial charge in [-0.3, -0.25) is 9.78 Å². The Bertz CT molecular complexity index is 1660. The van der Waals surface area contributed by atoms with Crippen LogP contribution in [0.4, 0.5) is 0 Å². The van der Waals surface area contributed by atoms with Crippen LogP contribution in [0, 0.1) is 6.92 Å². The maximum atomic E-state index is 14.5. The van der Waals surface area contributed by atoms with E-state index in [1.165, 1.54) is 0 Å². The number of imidazole rings is 1. The van der Waals surface area contributed by atoms with Crippen molar-refractivity contribution >= 4 is 17.5 Å². The number of fused-ring (bicyclic) bond motifs is 1. The summed E-state index contributed by atoms with van der Waals surface area (Å²) in [5.41, 5.74) is 3.21. The number of amides is 1. The number of pyridine rings is 1. The second-order valence-corrected chi connectivity index (χ2v) is 12.6. The number of aromatic nitrogens is 3. The number of hydrogen-bond donors (Lipinski definition) is 3. The molecule has 6 rings (SSSR count). The molecule has 2 aromatic carbocycles. The first kappa shape index (κ1) is 28.6. The van der Waals surface area contributed by atoms with E-state index in [1.807, 2.05) is 67.4 Å². The van der Waals surface area contributed by atoms with E-state index >= 15 is 0 Å². The maximum Gasteiger partial charge on any atom is 0.255 e. The van der Waals surface area contributed by atoms with Crippen molar-refractivity contribution in [2.75, 3.05) is 0 Å². The number of nitrogens with one attached hydrogen (secondary N) is 1. The normalized spacial score (nSPS) is 24.5. The van der Waals surface area contributed by atoms with Crippen LogP contribution in [0.25, 0.3) is 0 Å². The monoisotopic (exact) mass is 584 g/mol. The molecule has 1 amide bonds. The quantitative estimate of drug-likeness (QED) is 0.231. The molecule has 8 heteroatoms. The number of carbonyl (C=O) groups is 1. The minimum atomic E-state index is -1.49. The van der Waals surface area contributed by atoms with E-state index in [0.29, 0.717) is 41.4 Å². The summed E-state index contributed by atoms with van der Waals surface area (Å²) in [6, 6.07) is 15.4. The van der Waals surface area contributed by atoms with Gasteiger partial charge in [0.05, 0.1) is 23.4 Å².